The van der Waals surface area contributed by atoms with Crippen LogP contribution in [0.25, 0.3) is 0 Å². The second-order valence-electron chi connectivity index (χ2n) is 5.13. The maximum Gasteiger partial charge on any atom is 0.164 e. The summed E-state index contributed by atoms with van der Waals surface area (Å²) in [6, 6.07) is 7.77. The number of carbonyl (C=O) groups is 1. The Bertz CT molecular complexity index is 574. The topological polar surface area (TPSA) is 33.2 Å². The van der Waals surface area contributed by atoms with Crippen LogP contribution in [0.15, 0.2) is 29.6 Å². The summed E-state index contributed by atoms with van der Waals surface area (Å²) < 4.78 is 0. The highest BCUT2D eigenvalue weighted by molar-refractivity contribution is 7.09. The second-order valence-corrected chi connectivity index (χ2v) is 6.20. The van der Waals surface area contributed by atoms with Crippen LogP contribution in [-0.2, 0) is 6.54 Å². The molecule has 1 aromatic carbocycles. The zero-order valence-electron chi connectivity index (χ0n) is 12.2. The van der Waals surface area contributed by atoms with E-state index in [4.69, 9.17) is 0 Å². The SMILES string of the molecule is Cc1ccc(C(=O)CCN(C)Cc2csc(C)n2)cc1. The van der Waals surface area contributed by atoms with Gasteiger partial charge in [0.15, 0.2) is 5.78 Å². The van der Waals surface area contributed by atoms with Gasteiger partial charge in [0.1, 0.15) is 0 Å². The van der Waals surface area contributed by atoms with Gasteiger partial charge in [-0.1, -0.05) is 29.8 Å². The van der Waals surface area contributed by atoms with Crippen molar-refractivity contribution in [3.05, 3.63) is 51.5 Å². The number of nitrogens with zero attached hydrogens (tertiary/aromatic N) is 2. The number of hydrogen-bond donors (Lipinski definition) is 0. The van der Waals surface area contributed by atoms with Crippen molar-refractivity contribution < 1.29 is 4.79 Å². The van der Waals surface area contributed by atoms with Crippen molar-refractivity contribution in [2.24, 2.45) is 0 Å². The van der Waals surface area contributed by atoms with E-state index in [-0.39, 0.29) is 5.78 Å². The number of carbonyl (C=O) groups excluding carboxylic acids is 1. The molecule has 4 heteroatoms. The van der Waals surface area contributed by atoms with Crippen molar-refractivity contribution >= 4 is 17.1 Å². The molecule has 0 fully saturated rings. The molecule has 0 radical (unpaired) electrons. The van der Waals surface area contributed by atoms with E-state index in [1.54, 1.807) is 11.3 Å². The van der Waals surface area contributed by atoms with E-state index in [9.17, 15) is 4.79 Å². The lowest BCUT2D eigenvalue weighted by Gasteiger charge is -2.14. The van der Waals surface area contributed by atoms with Crippen LogP contribution in [0, 0.1) is 13.8 Å². The lowest BCUT2D eigenvalue weighted by Crippen LogP contribution is -2.21. The van der Waals surface area contributed by atoms with Crippen molar-refractivity contribution in [2.75, 3.05) is 13.6 Å². The van der Waals surface area contributed by atoms with E-state index in [0.717, 1.165) is 29.4 Å². The van der Waals surface area contributed by atoms with Gasteiger partial charge in [-0.15, -0.1) is 11.3 Å². The Morgan fingerprint density at radius 1 is 1.25 bits per heavy atom. The Morgan fingerprint density at radius 3 is 2.55 bits per heavy atom. The van der Waals surface area contributed by atoms with Crippen LogP contribution >= 0.6 is 11.3 Å². The maximum absolute atomic E-state index is 12.1. The molecule has 0 aliphatic carbocycles. The van der Waals surface area contributed by atoms with Crippen LogP contribution in [0.4, 0.5) is 0 Å². The molecular formula is C16H20N2OS. The summed E-state index contributed by atoms with van der Waals surface area (Å²) in [7, 11) is 2.02. The van der Waals surface area contributed by atoms with Crippen molar-refractivity contribution in [2.45, 2.75) is 26.8 Å². The van der Waals surface area contributed by atoms with E-state index < -0.39 is 0 Å². The third-order valence-electron chi connectivity index (χ3n) is 3.19. The summed E-state index contributed by atoms with van der Waals surface area (Å²) in [5.41, 5.74) is 3.06. The van der Waals surface area contributed by atoms with Crippen molar-refractivity contribution in [3.63, 3.8) is 0 Å². The van der Waals surface area contributed by atoms with Crippen LogP contribution in [-0.4, -0.2) is 29.3 Å². The molecule has 106 valence electrons. The van der Waals surface area contributed by atoms with Crippen LogP contribution in [0.5, 0.6) is 0 Å². The summed E-state index contributed by atoms with van der Waals surface area (Å²) >= 11 is 1.66. The highest BCUT2D eigenvalue weighted by atomic mass is 32.1. The molecule has 20 heavy (non-hydrogen) atoms. The number of Topliss-reactive ketones (excluding diaryl/α,β-unsaturated/α-hetero) is 1. The summed E-state index contributed by atoms with van der Waals surface area (Å²) in [6.45, 7) is 5.59. The number of aryl methyl sites for hydroxylation is 2. The molecule has 0 unspecified atom stereocenters. The lowest BCUT2D eigenvalue weighted by atomic mass is 10.1. The minimum absolute atomic E-state index is 0.200. The fraction of sp³-hybridized carbons (Fsp3) is 0.375. The van der Waals surface area contributed by atoms with Gasteiger partial charge in [0.25, 0.3) is 0 Å². The van der Waals surface area contributed by atoms with Gasteiger partial charge in [-0.3, -0.25) is 4.79 Å². The van der Waals surface area contributed by atoms with E-state index >= 15 is 0 Å². The molecule has 0 atom stereocenters. The standard InChI is InChI=1S/C16H20N2OS/c1-12-4-6-14(7-5-12)16(19)8-9-18(3)10-15-11-20-13(2)17-15/h4-7,11H,8-10H2,1-3H3. The monoisotopic (exact) mass is 288 g/mol. The van der Waals surface area contributed by atoms with Gasteiger partial charge in [-0.2, -0.15) is 0 Å². The van der Waals surface area contributed by atoms with Gasteiger partial charge in [0, 0.05) is 30.5 Å². The Kier molecular flexibility index (Phi) is 5.04. The zero-order valence-corrected chi connectivity index (χ0v) is 13.0. The molecule has 0 saturated heterocycles. The molecule has 0 aliphatic rings. The van der Waals surface area contributed by atoms with Crippen molar-refractivity contribution in [1.29, 1.82) is 0 Å². The summed E-state index contributed by atoms with van der Waals surface area (Å²) in [4.78, 5) is 18.7. The Balaban J connectivity index is 1.82. The minimum Gasteiger partial charge on any atom is -0.300 e. The average Bonchev–Trinajstić information content (AvgIpc) is 2.82. The highest BCUT2D eigenvalue weighted by Gasteiger charge is 2.08. The molecule has 2 aromatic rings. The first-order valence-corrected chi connectivity index (χ1v) is 7.62. The molecule has 0 spiro atoms. The smallest absolute Gasteiger partial charge is 0.164 e. The Hall–Kier alpha value is -1.52. The van der Waals surface area contributed by atoms with E-state index in [1.165, 1.54) is 5.56 Å². The van der Waals surface area contributed by atoms with Gasteiger partial charge in [-0.05, 0) is 20.9 Å². The minimum atomic E-state index is 0.200. The first-order valence-electron chi connectivity index (χ1n) is 6.74. The molecular weight excluding hydrogens is 268 g/mol. The van der Waals surface area contributed by atoms with Crippen molar-refractivity contribution in [1.82, 2.24) is 9.88 Å². The average molecular weight is 288 g/mol. The molecule has 0 bridgehead atoms. The van der Waals surface area contributed by atoms with Crippen LogP contribution in [0.3, 0.4) is 0 Å². The van der Waals surface area contributed by atoms with E-state index in [0.29, 0.717) is 6.42 Å². The van der Waals surface area contributed by atoms with Gasteiger partial charge < -0.3 is 4.90 Å². The molecule has 3 nitrogen and oxygen atoms in total. The summed E-state index contributed by atoms with van der Waals surface area (Å²) in [5, 5.41) is 3.16. The fourth-order valence-corrected chi connectivity index (χ4v) is 2.62. The highest BCUT2D eigenvalue weighted by Crippen LogP contribution is 2.11. The van der Waals surface area contributed by atoms with Gasteiger partial charge in [0.05, 0.1) is 10.7 Å². The van der Waals surface area contributed by atoms with Crippen molar-refractivity contribution in [3.8, 4) is 0 Å². The van der Waals surface area contributed by atoms with Crippen LogP contribution in [0.1, 0.15) is 33.0 Å². The molecule has 2 rings (SSSR count). The van der Waals surface area contributed by atoms with E-state index in [1.807, 2.05) is 45.2 Å². The first kappa shape index (κ1) is 14.9. The summed E-state index contributed by atoms with van der Waals surface area (Å²) in [5.74, 6) is 0.200. The molecule has 0 N–H and O–H groups in total. The number of aromatic nitrogens is 1. The fourth-order valence-electron chi connectivity index (χ4n) is 2.01. The Labute approximate surface area is 124 Å². The second kappa shape index (κ2) is 6.77. The quantitative estimate of drug-likeness (QED) is 0.763. The number of hydrogen-bond acceptors (Lipinski definition) is 4. The zero-order chi connectivity index (χ0) is 14.5. The van der Waals surface area contributed by atoms with E-state index in [2.05, 4.69) is 15.3 Å². The number of rotatable bonds is 6. The lowest BCUT2D eigenvalue weighted by molar-refractivity contribution is 0.0967. The number of ketones is 1. The molecule has 0 saturated carbocycles. The Morgan fingerprint density at radius 2 is 1.95 bits per heavy atom. The number of benzene rings is 1. The molecule has 0 aliphatic heterocycles. The largest absolute Gasteiger partial charge is 0.300 e. The predicted molar refractivity (Wildman–Crippen MR) is 83.3 cm³/mol. The van der Waals surface area contributed by atoms with Crippen LogP contribution < -0.4 is 0 Å². The molecule has 1 heterocycles. The third-order valence-corrected chi connectivity index (χ3v) is 4.01. The normalized spacial score (nSPS) is 11.0. The van der Waals surface area contributed by atoms with Crippen LogP contribution in [0.2, 0.25) is 0 Å². The van der Waals surface area contributed by atoms with Gasteiger partial charge >= 0.3 is 0 Å². The molecule has 0 amide bonds. The first-order chi connectivity index (χ1) is 9.54. The molecule has 1 aromatic heterocycles. The maximum atomic E-state index is 12.1. The third kappa shape index (κ3) is 4.25. The predicted octanol–water partition coefficient (Wildman–Crippen LogP) is 3.46. The van der Waals surface area contributed by atoms with Gasteiger partial charge in [-0.25, -0.2) is 4.98 Å². The summed E-state index contributed by atoms with van der Waals surface area (Å²) in [6.07, 6.45) is 0.544. The number of thiazole rings is 1. The van der Waals surface area contributed by atoms with Gasteiger partial charge in [0.2, 0.25) is 0 Å².